The number of anilines is 1. The van der Waals surface area contributed by atoms with Crippen LogP contribution in [0.25, 0.3) is 11.4 Å². The van der Waals surface area contributed by atoms with Crippen molar-refractivity contribution in [1.29, 1.82) is 0 Å². The lowest BCUT2D eigenvalue weighted by molar-refractivity contribution is -0.125. The fraction of sp³-hybridized carbons (Fsp3) is 0.318. The third-order valence-electron chi connectivity index (χ3n) is 5.21. The maximum Gasteiger partial charge on any atom is 0.324 e. The third kappa shape index (κ3) is 4.59. The van der Waals surface area contributed by atoms with Gasteiger partial charge in [0.05, 0.1) is 13.0 Å². The molecule has 3 aromatic rings. The monoisotopic (exact) mass is 410 g/mol. The number of hydrogen-bond acceptors (Lipinski definition) is 6. The van der Waals surface area contributed by atoms with Crippen molar-refractivity contribution in [2.45, 2.75) is 19.4 Å². The van der Waals surface area contributed by atoms with E-state index in [2.05, 4.69) is 15.5 Å². The lowest BCUT2D eigenvalue weighted by Crippen LogP contribution is -2.43. The van der Waals surface area contributed by atoms with Crippen LogP contribution in [-0.4, -0.2) is 36.2 Å². The van der Waals surface area contributed by atoms with Crippen molar-refractivity contribution in [2.75, 3.05) is 25.1 Å². The van der Waals surface area contributed by atoms with Gasteiger partial charge in [-0.15, -0.1) is 0 Å². The Hall–Kier alpha value is -3.42. The maximum absolute atomic E-state index is 13.0. The molecule has 1 N–H and O–H groups in total. The Balaban J connectivity index is 1.37. The summed E-state index contributed by atoms with van der Waals surface area (Å²) in [5.74, 6) is 0.763. The molecule has 30 heavy (non-hydrogen) atoms. The van der Waals surface area contributed by atoms with Gasteiger partial charge in [-0.25, -0.2) is 4.39 Å². The molecular weight excluding hydrogens is 387 g/mol. The highest BCUT2D eigenvalue weighted by Crippen LogP contribution is 2.26. The summed E-state index contributed by atoms with van der Waals surface area (Å²) >= 11 is 0. The Labute approximate surface area is 173 Å². The van der Waals surface area contributed by atoms with Crippen LogP contribution in [0, 0.1) is 11.7 Å². The van der Waals surface area contributed by atoms with Gasteiger partial charge in [0.1, 0.15) is 11.6 Å². The summed E-state index contributed by atoms with van der Waals surface area (Å²) in [5, 5.41) is 7.01. The van der Waals surface area contributed by atoms with Crippen LogP contribution in [0.2, 0.25) is 0 Å². The largest absolute Gasteiger partial charge is 0.497 e. The normalized spacial score (nSPS) is 16.3. The lowest BCUT2D eigenvalue weighted by atomic mass is 9.97. The highest BCUT2D eigenvalue weighted by atomic mass is 19.1. The zero-order valence-electron chi connectivity index (χ0n) is 16.7. The number of aromatic nitrogens is 2. The van der Waals surface area contributed by atoms with Gasteiger partial charge in [-0.2, -0.15) is 4.98 Å². The number of nitrogens with one attached hydrogen (secondary N) is 1. The maximum atomic E-state index is 13.0. The standard InChI is InChI=1S/C22H23FN4O3/c1-29-19-10-6-16(7-11-19)20-25-22(30-26-20)27-12-2-3-17(14-27)21(28)24-13-15-4-8-18(23)9-5-15/h4-11,17H,2-3,12-14H2,1H3,(H,24,28)/t17-/m0/s1. The predicted octanol–water partition coefficient (Wildman–Crippen LogP) is 3.42. The van der Waals surface area contributed by atoms with Crippen LogP contribution in [0.3, 0.4) is 0 Å². The highest BCUT2D eigenvalue weighted by Gasteiger charge is 2.28. The molecule has 0 unspecified atom stereocenters. The first kappa shape index (κ1) is 19.9. The minimum Gasteiger partial charge on any atom is -0.497 e. The van der Waals surface area contributed by atoms with Gasteiger partial charge in [0, 0.05) is 25.2 Å². The molecule has 4 rings (SSSR count). The fourth-order valence-corrected chi connectivity index (χ4v) is 3.50. The number of hydrogen-bond donors (Lipinski definition) is 1. The molecule has 0 radical (unpaired) electrons. The summed E-state index contributed by atoms with van der Waals surface area (Å²) in [4.78, 5) is 19.1. The van der Waals surface area contributed by atoms with E-state index in [0.717, 1.165) is 36.3 Å². The summed E-state index contributed by atoms with van der Waals surface area (Å²) in [6.45, 7) is 1.64. The number of benzene rings is 2. The van der Waals surface area contributed by atoms with Crippen LogP contribution in [0.4, 0.5) is 10.4 Å². The van der Waals surface area contributed by atoms with E-state index < -0.39 is 0 Å². The van der Waals surface area contributed by atoms with E-state index in [1.807, 2.05) is 29.2 Å². The number of piperidine rings is 1. The minimum absolute atomic E-state index is 0.0288. The Bertz CT molecular complexity index is 988. The highest BCUT2D eigenvalue weighted by molar-refractivity contribution is 5.79. The van der Waals surface area contributed by atoms with Crippen molar-refractivity contribution >= 4 is 11.9 Å². The van der Waals surface area contributed by atoms with Crippen LogP contribution in [0.5, 0.6) is 5.75 Å². The Kier molecular flexibility index (Phi) is 5.92. The predicted molar refractivity (Wildman–Crippen MR) is 109 cm³/mol. The second-order valence-electron chi connectivity index (χ2n) is 7.26. The third-order valence-corrected chi connectivity index (χ3v) is 5.21. The van der Waals surface area contributed by atoms with Crippen molar-refractivity contribution in [3.05, 3.63) is 59.9 Å². The van der Waals surface area contributed by atoms with Gasteiger partial charge in [0.15, 0.2) is 0 Å². The quantitative estimate of drug-likeness (QED) is 0.671. The van der Waals surface area contributed by atoms with Gasteiger partial charge in [0.2, 0.25) is 11.7 Å². The summed E-state index contributed by atoms with van der Waals surface area (Å²) in [6.07, 6.45) is 1.65. The number of nitrogens with zero attached hydrogens (tertiary/aromatic N) is 3. The minimum atomic E-state index is -0.290. The molecule has 0 saturated carbocycles. The molecule has 1 amide bonds. The molecular formula is C22H23FN4O3. The summed E-state index contributed by atoms with van der Waals surface area (Å²) < 4.78 is 23.6. The fourth-order valence-electron chi connectivity index (χ4n) is 3.50. The second-order valence-corrected chi connectivity index (χ2v) is 7.26. The average molecular weight is 410 g/mol. The molecule has 156 valence electrons. The van der Waals surface area contributed by atoms with Gasteiger partial charge in [-0.1, -0.05) is 17.3 Å². The van der Waals surface area contributed by atoms with Crippen LogP contribution < -0.4 is 15.0 Å². The molecule has 0 aliphatic carbocycles. The van der Waals surface area contributed by atoms with E-state index in [1.54, 1.807) is 19.2 Å². The Morgan fingerprint density at radius 1 is 1.23 bits per heavy atom. The van der Waals surface area contributed by atoms with E-state index in [9.17, 15) is 9.18 Å². The van der Waals surface area contributed by atoms with E-state index >= 15 is 0 Å². The zero-order chi connectivity index (χ0) is 20.9. The smallest absolute Gasteiger partial charge is 0.324 e. The number of methoxy groups -OCH3 is 1. The molecule has 2 aromatic carbocycles. The first-order valence-electron chi connectivity index (χ1n) is 9.87. The van der Waals surface area contributed by atoms with Crippen molar-refractivity contribution in [1.82, 2.24) is 15.5 Å². The molecule has 1 aliphatic rings. The van der Waals surface area contributed by atoms with Crippen LogP contribution >= 0.6 is 0 Å². The van der Waals surface area contributed by atoms with Crippen LogP contribution in [-0.2, 0) is 11.3 Å². The summed E-state index contributed by atoms with van der Waals surface area (Å²) in [6, 6.07) is 14.0. The number of amides is 1. The van der Waals surface area contributed by atoms with Gasteiger partial charge >= 0.3 is 6.01 Å². The van der Waals surface area contributed by atoms with E-state index in [1.165, 1.54) is 12.1 Å². The van der Waals surface area contributed by atoms with Gasteiger partial charge < -0.3 is 19.5 Å². The number of halogens is 1. The Morgan fingerprint density at radius 2 is 2.00 bits per heavy atom. The first-order chi connectivity index (χ1) is 14.6. The summed E-state index contributed by atoms with van der Waals surface area (Å²) in [5.41, 5.74) is 1.69. The van der Waals surface area contributed by atoms with Crippen LogP contribution in [0.15, 0.2) is 53.1 Å². The molecule has 2 heterocycles. The summed E-state index contributed by atoms with van der Waals surface area (Å²) in [7, 11) is 1.62. The molecule has 1 saturated heterocycles. The second kappa shape index (κ2) is 8.94. The molecule has 1 atom stereocenters. The molecule has 8 heteroatoms. The zero-order valence-corrected chi connectivity index (χ0v) is 16.7. The molecule has 7 nitrogen and oxygen atoms in total. The van der Waals surface area contributed by atoms with Crippen molar-refractivity contribution in [3.63, 3.8) is 0 Å². The van der Waals surface area contributed by atoms with E-state index in [0.29, 0.717) is 24.9 Å². The molecule has 1 aromatic heterocycles. The molecule has 1 aliphatic heterocycles. The van der Waals surface area contributed by atoms with Gasteiger partial charge in [-0.05, 0) is 54.8 Å². The van der Waals surface area contributed by atoms with E-state index in [4.69, 9.17) is 9.26 Å². The van der Waals surface area contributed by atoms with Crippen molar-refractivity contribution in [3.8, 4) is 17.1 Å². The number of carbonyl (C=O) groups is 1. The number of ether oxygens (including phenoxy) is 1. The average Bonchev–Trinajstić information content (AvgIpc) is 3.29. The van der Waals surface area contributed by atoms with Crippen LogP contribution in [0.1, 0.15) is 18.4 Å². The van der Waals surface area contributed by atoms with Gasteiger partial charge in [0.25, 0.3) is 0 Å². The van der Waals surface area contributed by atoms with Crippen molar-refractivity contribution < 1.29 is 18.4 Å². The topological polar surface area (TPSA) is 80.5 Å². The number of rotatable bonds is 6. The van der Waals surface area contributed by atoms with Gasteiger partial charge in [-0.3, -0.25) is 4.79 Å². The number of carbonyl (C=O) groups excluding carboxylic acids is 1. The first-order valence-corrected chi connectivity index (χ1v) is 9.87. The lowest BCUT2D eigenvalue weighted by Gasteiger charge is -2.30. The van der Waals surface area contributed by atoms with Crippen molar-refractivity contribution in [2.24, 2.45) is 5.92 Å². The molecule has 0 spiro atoms. The van der Waals surface area contributed by atoms with E-state index in [-0.39, 0.29) is 17.6 Å². The molecule has 0 bridgehead atoms. The SMILES string of the molecule is COc1ccc(-c2noc(N3CCC[C@H](C(=O)NCc4ccc(F)cc4)C3)n2)cc1. The molecule has 1 fully saturated rings. The Morgan fingerprint density at radius 3 is 2.73 bits per heavy atom.